The van der Waals surface area contributed by atoms with Gasteiger partial charge in [-0.05, 0) is 40.5 Å². The van der Waals surface area contributed by atoms with Crippen LogP contribution in [0.3, 0.4) is 0 Å². The minimum atomic E-state index is -3.10. The van der Waals surface area contributed by atoms with Gasteiger partial charge in [-0.25, -0.2) is 17.6 Å². The van der Waals surface area contributed by atoms with E-state index in [1.54, 1.807) is 0 Å². The van der Waals surface area contributed by atoms with Crippen molar-refractivity contribution < 1.29 is 27.1 Å². The summed E-state index contributed by atoms with van der Waals surface area (Å²) in [5, 5.41) is 2.49. The summed E-state index contributed by atoms with van der Waals surface area (Å²) in [6.45, 7) is -0.557. The molecule has 1 fully saturated rings. The summed E-state index contributed by atoms with van der Waals surface area (Å²) in [5.41, 5.74) is -0.0313. The molecule has 0 radical (unpaired) electrons. The third kappa shape index (κ3) is 4.51. The molecule has 1 heterocycles. The highest BCUT2D eigenvalue weighted by Crippen LogP contribution is 2.18. The maximum Gasteiger partial charge on any atom is 0.339 e. The van der Waals surface area contributed by atoms with E-state index < -0.39 is 40.2 Å². The SMILES string of the molecule is O=C(COC(=O)c1cc(F)ccc1Br)N[C@H]1CCS(=O)(=O)C1. The van der Waals surface area contributed by atoms with Gasteiger partial charge in [-0.1, -0.05) is 0 Å². The first-order chi connectivity index (χ1) is 10.3. The molecule has 120 valence electrons. The molecular formula is C13H13BrFNO5S. The van der Waals surface area contributed by atoms with Crippen LogP contribution < -0.4 is 5.32 Å². The van der Waals surface area contributed by atoms with Crippen LogP contribution in [0.4, 0.5) is 4.39 Å². The topological polar surface area (TPSA) is 89.5 Å². The second kappa shape index (κ2) is 6.74. The van der Waals surface area contributed by atoms with E-state index in [4.69, 9.17) is 4.74 Å². The van der Waals surface area contributed by atoms with Crippen molar-refractivity contribution >= 4 is 37.6 Å². The van der Waals surface area contributed by atoms with E-state index in [0.717, 1.165) is 6.07 Å². The molecule has 2 rings (SSSR count). The van der Waals surface area contributed by atoms with E-state index in [-0.39, 0.29) is 17.1 Å². The Bertz CT molecular complexity index is 706. The van der Waals surface area contributed by atoms with Crippen molar-refractivity contribution in [2.24, 2.45) is 0 Å². The number of hydrogen-bond acceptors (Lipinski definition) is 5. The Hall–Kier alpha value is -1.48. The van der Waals surface area contributed by atoms with E-state index >= 15 is 0 Å². The van der Waals surface area contributed by atoms with Gasteiger partial charge in [0.05, 0.1) is 17.1 Å². The Morgan fingerprint density at radius 3 is 2.77 bits per heavy atom. The molecule has 0 aromatic heterocycles. The number of hydrogen-bond donors (Lipinski definition) is 1. The quantitative estimate of drug-likeness (QED) is 0.772. The van der Waals surface area contributed by atoms with Gasteiger partial charge in [0.15, 0.2) is 16.4 Å². The van der Waals surface area contributed by atoms with E-state index in [2.05, 4.69) is 21.2 Å². The molecule has 1 atom stereocenters. The van der Waals surface area contributed by atoms with Crippen molar-refractivity contribution in [2.45, 2.75) is 12.5 Å². The van der Waals surface area contributed by atoms with Gasteiger partial charge < -0.3 is 10.1 Å². The van der Waals surface area contributed by atoms with Gasteiger partial charge in [-0.3, -0.25) is 4.79 Å². The highest BCUT2D eigenvalue weighted by Gasteiger charge is 2.29. The second-order valence-electron chi connectivity index (χ2n) is 4.87. The lowest BCUT2D eigenvalue weighted by molar-refractivity contribution is -0.124. The first kappa shape index (κ1) is 16.9. The maximum atomic E-state index is 13.1. The first-order valence-corrected chi connectivity index (χ1v) is 9.00. The van der Waals surface area contributed by atoms with Crippen LogP contribution in [0.15, 0.2) is 22.7 Å². The minimum Gasteiger partial charge on any atom is -0.452 e. The van der Waals surface area contributed by atoms with Crippen LogP contribution in [0.2, 0.25) is 0 Å². The number of rotatable bonds is 4. The molecule has 6 nitrogen and oxygen atoms in total. The van der Waals surface area contributed by atoms with Crippen LogP contribution in [0.25, 0.3) is 0 Å². The largest absolute Gasteiger partial charge is 0.452 e. The zero-order valence-electron chi connectivity index (χ0n) is 11.3. The third-order valence-electron chi connectivity index (χ3n) is 3.08. The summed E-state index contributed by atoms with van der Waals surface area (Å²) >= 11 is 3.09. The molecule has 0 saturated carbocycles. The third-order valence-corrected chi connectivity index (χ3v) is 5.54. The molecule has 9 heteroatoms. The molecule has 1 aliphatic heterocycles. The van der Waals surface area contributed by atoms with Crippen LogP contribution in [0.5, 0.6) is 0 Å². The van der Waals surface area contributed by atoms with E-state index in [1.165, 1.54) is 12.1 Å². The number of benzene rings is 1. The summed E-state index contributed by atoms with van der Waals surface area (Å²) in [6, 6.07) is 3.06. The lowest BCUT2D eigenvalue weighted by Crippen LogP contribution is -2.38. The highest BCUT2D eigenvalue weighted by atomic mass is 79.9. The zero-order chi connectivity index (χ0) is 16.3. The number of carbonyl (C=O) groups excluding carboxylic acids is 2. The molecular weight excluding hydrogens is 381 g/mol. The average Bonchev–Trinajstić information content (AvgIpc) is 2.78. The number of esters is 1. The first-order valence-electron chi connectivity index (χ1n) is 6.39. The zero-order valence-corrected chi connectivity index (χ0v) is 13.7. The van der Waals surface area contributed by atoms with Crippen LogP contribution in [-0.2, 0) is 19.4 Å². The van der Waals surface area contributed by atoms with Crippen molar-refractivity contribution in [3.63, 3.8) is 0 Å². The van der Waals surface area contributed by atoms with Gasteiger partial charge in [0, 0.05) is 10.5 Å². The molecule has 1 aromatic carbocycles. The van der Waals surface area contributed by atoms with Crippen molar-refractivity contribution in [3.05, 3.63) is 34.1 Å². The van der Waals surface area contributed by atoms with Gasteiger partial charge >= 0.3 is 5.97 Å². The molecule has 1 saturated heterocycles. The smallest absolute Gasteiger partial charge is 0.339 e. The Labute approximate surface area is 135 Å². The molecule has 0 unspecified atom stereocenters. The van der Waals surface area contributed by atoms with Crippen molar-refractivity contribution in [2.75, 3.05) is 18.1 Å². The summed E-state index contributed by atoms with van der Waals surface area (Å²) in [5.74, 6) is -2.12. The fourth-order valence-electron chi connectivity index (χ4n) is 2.04. The molecule has 1 N–H and O–H groups in total. The van der Waals surface area contributed by atoms with Crippen molar-refractivity contribution in [1.82, 2.24) is 5.32 Å². The Kier molecular flexibility index (Phi) is 5.17. The van der Waals surface area contributed by atoms with E-state index in [0.29, 0.717) is 10.9 Å². The number of nitrogens with one attached hydrogen (secondary N) is 1. The molecule has 0 bridgehead atoms. The number of carbonyl (C=O) groups is 2. The van der Waals surface area contributed by atoms with E-state index in [1.807, 2.05) is 0 Å². The number of halogens is 2. The Morgan fingerprint density at radius 2 is 2.14 bits per heavy atom. The summed E-state index contributed by atoms with van der Waals surface area (Å²) < 4.78 is 40.8. The van der Waals surface area contributed by atoms with E-state index in [9.17, 15) is 22.4 Å². The minimum absolute atomic E-state index is 0.0313. The van der Waals surface area contributed by atoms with Crippen LogP contribution in [0.1, 0.15) is 16.8 Å². The predicted octanol–water partition coefficient (Wildman–Crippen LogP) is 1.05. The standard InChI is InChI=1S/C13H13BrFNO5S/c14-11-2-1-8(15)5-10(11)13(18)21-6-12(17)16-9-3-4-22(19,20)7-9/h1-2,5,9H,3-4,6-7H2,(H,16,17)/t9-/m0/s1. The van der Waals surface area contributed by atoms with Crippen molar-refractivity contribution in [1.29, 1.82) is 0 Å². The highest BCUT2D eigenvalue weighted by molar-refractivity contribution is 9.10. The predicted molar refractivity (Wildman–Crippen MR) is 79.6 cm³/mol. The normalized spacial score (nSPS) is 19.6. The average molecular weight is 394 g/mol. The van der Waals surface area contributed by atoms with Gasteiger partial charge in [-0.15, -0.1) is 0 Å². The fraction of sp³-hybridized carbons (Fsp3) is 0.385. The lowest BCUT2D eigenvalue weighted by atomic mass is 10.2. The molecule has 22 heavy (non-hydrogen) atoms. The fourth-order valence-corrected chi connectivity index (χ4v) is 4.12. The number of amides is 1. The van der Waals surface area contributed by atoms with Gasteiger partial charge in [0.25, 0.3) is 5.91 Å². The summed E-state index contributed by atoms with van der Waals surface area (Å²) in [6.07, 6.45) is 0.345. The number of sulfone groups is 1. The lowest BCUT2D eigenvalue weighted by Gasteiger charge is -2.11. The molecule has 1 aliphatic rings. The molecule has 0 spiro atoms. The summed E-state index contributed by atoms with van der Waals surface area (Å²) in [7, 11) is -3.10. The monoisotopic (exact) mass is 393 g/mol. The molecule has 1 aromatic rings. The van der Waals surface area contributed by atoms with Gasteiger partial charge in [-0.2, -0.15) is 0 Å². The Balaban J connectivity index is 1.86. The number of ether oxygens (including phenoxy) is 1. The molecule has 0 aliphatic carbocycles. The van der Waals surface area contributed by atoms with Crippen molar-refractivity contribution in [3.8, 4) is 0 Å². The second-order valence-corrected chi connectivity index (χ2v) is 7.95. The van der Waals surface area contributed by atoms with Crippen LogP contribution in [0, 0.1) is 5.82 Å². The van der Waals surface area contributed by atoms with Crippen LogP contribution in [-0.4, -0.2) is 44.4 Å². The maximum absolute atomic E-state index is 13.1. The molecule has 1 amide bonds. The van der Waals surface area contributed by atoms with Gasteiger partial charge in [0.1, 0.15) is 5.82 Å². The summed E-state index contributed by atoms with van der Waals surface area (Å²) in [4.78, 5) is 23.4. The van der Waals surface area contributed by atoms with Gasteiger partial charge in [0.2, 0.25) is 0 Å². The Morgan fingerprint density at radius 1 is 1.41 bits per heavy atom. The van der Waals surface area contributed by atoms with Crippen LogP contribution >= 0.6 is 15.9 Å².